The summed E-state index contributed by atoms with van der Waals surface area (Å²) in [5.41, 5.74) is 2.41. The molecule has 3 N–H and O–H groups in total. The van der Waals surface area contributed by atoms with E-state index < -0.39 is 0 Å². The summed E-state index contributed by atoms with van der Waals surface area (Å²) in [7, 11) is 2.97. The molecule has 6 nitrogen and oxygen atoms in total. The number of aromatic hydroxyl groups is 1. The Balaban J connectivity index is 0.00000392. The molecule has 0 amide bonds. The van der Waals surface area contributed by atoms with Crippen molar-refractivity contribution >= 4 is 29.9 Å². The number of hydrogen-bond donors (Lipinski definition) is 3. The SMILES string of the molecule is CCNC(=NCc1cc(OC)c(O)c(OC)c1)NCc1ccc(F)c(C)c1.I. The van der Waals surface area contributed by atoms with Crippen LogP contribution in [0.3, 0.4) is 0 Å². The predicted octanol–water partition coefficient (Wildman–Crippen LogP) is 3.73. The third-order valence-electron chi connectivity index (χ3n) is 3.99. The molecule has 0 unspecified atom stereocenters. The number of halogens is 2. The zero-order valence-electron chi connectivity index (χ0n) is 16.5. The van der Waals surface area contributed by atoms with Gasteiger partial charge in [0.25, 0.3) is 0 Å². The van der Waals surface area contributed by atoms with Crippen LogP contribution in [0.2, 0.25) is 0 Å². The number of aryl methyl sites for hydroxylation is 1. The maximum atomic E-state index is 13.4. The molecule has 2 aromatic carbocycles. The number of benzene rings is 2. The zero-order valence-corrected chi connectivity index (χ0v) is 18.8. The smallest absolute Gasteiger partial charge is 0.200 e. The van der Waals surface area contributed by atoms with Crippen LogP contribution in [0.25, 0.3) is 0 Å². The van der Waals surface area contributed by atoms with E-state index in [2.05, 4.69) is 15.6 Å². The van der Waals surface area contributed by atoms with Gasteiger partial charge in [0.05, 0.1) is 20.8 Å². The number of phenolic OH excluding ortho intramolecular Hbond substituents is 1. The average molecular weight is 503 g/mol. The van der Waals surface area contributed by atoms with Crippen molar-refractivity contribution in [1.82, 2.24) is 10.6 Å². The number of nitrogens with zero attached hydrogens (tertiary/aromatic N) is 1. The summed E-state index contributed by atoms with van der Waals surface area (Å²) < 4.78 is 23.7. The number of ether oxygens (including phenoxy) is 2. The molecule has 0 aliphatic carbocycles. The molecule has 0 aliphatic rings. The van der Waals surface area contributed by atoms with E-state index in [0.29, 0.717) is 42.7 Å². The van der Waals surface area contributed by atoms with Gasteiger partial charge in [0.15, 0.2) is 17.5 Å². The molecule has 2 aromatic rings. The van der Waals surface area contributed by atoms with Crippen LogP contribution >= 0.6 is 24.0 Å². The lowest BCUT2D eigenvalue weighted by atomic mass is 10.1. The quantitative estimate of drug-likeness (QED) is 0.305. The van der Waals surface area contributed by atoms with Crippen molar-refractivity contribution in [2.24, 2.45) is 4.99 Å². The van der Waals surface area contributed by atoms with Crippen molar-refractivity contribution in [3.63, 3.8) is 0 Å². The van der Waals surface area contributed by atoms with Crippen molar-refractivity contribution in [3.05, 3.63) is 52.8 Å². The molecule has 0 aromatic heterocycles. The first-order chi connectivity index (χ1) is 13.0. The summed E-state index contributed by atoms with van der Waals surface area (Å²) in [6.07, 6.45) is 0. The van der Waals surface area contributed by atoms with Gasteiger partial charge in [0.2, 0.25) is 5.75 Å². The topological polar surface area (TPSA) is 75.1 Å². The first-order valence-corrected chi connectivity index (χ1v) is 8.69. The van der Waals surface area contributed by atoms with Gasteiger partial charge in [-0.25, -0.2) is 9.38 Å². The molecule has 28 heavy (non-hydrogen) atoms. The second-order valence-electron chi connectivity index (χ2n) is 5.98. The lowest BCUT2D eigenvalue weighted by Crippen LogP contribution is -2.36. The second kappa shape index (κ2) is 11.6. The van der Waals surface area contributed by atoms with E-state index in [0.717, 1.165) is 11.1 Å². The van der Waals surface area contributed by atoms with Gasteiger partial charge in [-0.1, -0.05) is 12.1 Å². The summed E-state index contributed by atoms with van der Waals surface area (Å²) in [5.74, 6) is 1.04. The van der Waals surface area contributed by atoms with Gasteiger partial charge in [-0.15, -0.1) is 24.0 Å². The first kappa shape index (κ1) is 23.8. The molecule has 0 saturated carbocycles. The standard InChI is InChI=1S/C20H26FN3O3.HI/c1-5-22-20(23-11-14-6-7-16(21)13(2)8-14)24-12-15-9-17(26-3)19(25)18(10-15)27-4;/h6-10,25H,5,11-12H2,1-4H3,(H2,22,23,24);1H. The van der Waals surface area contributed by atoms with Gasteiger partial charge >= 0.3 is 0 Å². The van der Waals surface area contributed by atoms with Crippen molar-refractivity contribution in [2.45, 2.75) is 26.9 Å². The van der Waals surface area contributed by atoms with Gasteiger partial charge in [-0.3, -0.25) is 0 Å². The third kappa shape index (κ3) is 6.43. The molecular formula is C20H27FIN3O3. The minimum Gasteiger partial charge on any atom is -0.502 e. The lowest BCUT2D eigenvalue weighted by Gasteiger charge is -2.13. The molecule has 2 rings (SSSR count). The summed E-state index contributed by atoms with van der Waals surface area (Å²) in [5, 5.41) is 16.4. The van der Waals surface area contributed by atoms with Gasteiger partial charge in [-0.05, 0) is 48.7 Å². The Morgan fingerprint density at radius 2 is 1.71 bits per heavy atom. The fraction of sp³-hybridized carbons (Fsp3) is 0.350. The Labute approximate surface area is 182 Å². The van der Waals surface area contributed by atoms with Crippen LogP contribution in [-0.2, 0) is 13.1 Å². The molecular weight excluding hydrogens is 476 g/mol. The van der Waals surface area contributed by atoms with E-state index in [4.69, 9.17) is 9.47 Å². The van der Waals surface area contributed by atoms with Crippen LogP contribution in [0.5, 0.6) is 17.2 Å². The number of phenols is 1. The number of nitrogens with one attached hydrogen (secondary N) is 2. The molecule has 0 fully saturated rings. The average Bonchev–Trinajstić information content (AvgIpc) is 2.67. The minimum atomic E-state index is -0.213. The number of aliphatic imine (C=N–C) groups is 1. The van der Waals surface area contributed by atoms with E-state index in [-0.39, 0.29) is 35.5 Å². The van der Waals surface area contributed by atoms with E-state index >= 15 is 0 Å². The number of hydrogen-bond acceptors (Lipinski definition) is 4. The Hall–Kier alpha value is -2.23. The second-order valence-corrected chi connectivity index (χ2v) is 5.98. The zero-order chi connectivity index (χ0) is 19.8. The Morgan fingerprint density at radius 1 is 1.07 bits per heavy atom. The van der Waals surface area contributed by atoms with Gasteiger partial charge in [-0.2, -0.15) is 0 Å². The molecule has 0 atom stereocenters. The fourth-order valence-electron chi connectivity index (χ4n) is 2.55. The van der Waals surface area contributed by atoms with E-state index in [1.54, 1.807) is 25.1 Å². The highest BCUT2D eigenvalue weighted by atomic mass is 127. The van der Waals surface area contributed by atoms with E-state index in [9.17, 15) is 9.50 Å². The largest absolute Gasteiger partial charge is 0.502 e. The normalized spacial score (nSPS) is 10.8. The number of guanidine groups is 1. The molecule has 0 radical (unpaired) electrons. The van der Waals surface area contributed by atoms with Gasteiger partial charge in [0.1, 0.15) is 5.82 Å². The van der Waals surface area contributed by atoms with Crippen molar-refractivity contribution < 1.29 is 19.0 Å². The predicted molar refractivity (Wildman–Crippen MR) is 119 cm³/mol. The van der Waals surface area contributed by atoms with Crippen molar-refractivity contribution in [2.75, 3.05) is 20.8 Å². The lowest BCUT2D eigenvalue weighted by molar-refractivity contribution is 0.339. The summed E-state index contributed by atoms with van der Waals surface area (Å²) >= 11 is 0. The Bertz CT molecular complexity index is 790. The minimum absolute atomic E-state index is 0. The van der Waals surface area contributed by atoms with Crippen LogP contribution in [0.1, 0.15) is 23.6 Å². The van der Waals surface area contributed by atoms with E-state index in [1.807, 2.05) is 13.0 Å². The maximum Gasteiger partial charge on any atom is 0.200 e. The number of rotatable bonds is 7. The van der Waals surface area contributed by atoms with Crippen molar-refractivity contribution in [3.8, 4) is 17.2 Å². The Kier molecular flexibility index (Phi) is 9.84. The van der Waals surface area contributed by atoms with Crippen LogP contribution in [0.15, 0.2) is 35.3 Å². The molecule has 8 heteroatoms. The molecule has 0 bridgehead atoms. The van der Waals surface area contributed by atoms with Gasteiger partial charge < -0.3 is 25.2 Å². The van der Waals surface area contributed by atoms with Crippen LogP contribution in [0.4, 0.5) is 4.39 Å². The molecule has 0 heterocycles. The van der Waals surface area contributed by atoms with E-state index in [1.165, 1.54) is 20.3 Å². The summed E-state index contributed by atoms with van der Waals surface area (Å²) in [6, 6.07) is 8.45. The third-order valence-corrected chi connectivity index (χ3v) is 3.99. The maximum absolute atomic E-state index is 13.4. The van der Waals surface area contributed by atoms with Crippen molar-refractivity contribution in [1.29, 1.82) is 0 Å². The number of methoxy groups -OCH3 is 2. The monoisotopic (exact) mass is 503 g/mol. The summed E-state index contributed by atoms with van der Waals surface area (Å²) in [4.78, 5) is 4.55. The summed E-state index contributed by atoms with van der Waals surface area (Å²) in [6.45, 7) is 5.31. The van der Waals surface area contributed by atoms with Crippen LogP contribution in [-0.4, -0.2) is 31.8 Å². The van der Waals surface area contributed by atoms with Gasteiger partial charge in [0, 0.05) is 13.1 Å². The Morgan fingerprint density at radius 3 is 2.25 bits per heavy atom. The molecule has 154 valence electrons. The highest BCUT2D eigenvalue weighted by molar-refractivity contribution is 14.0. The molecule has 0 aliphatic heterocycles. The first-order valence-electron chi connectivity index (χ1n) is 8.69. The molecule has 0 spiro atoms. The van der Waals surface area contributed by atoms with Crippen LogP contribution in [0, 0.1) is 12.7 Å². The highest BCUT2D eigenvalue weighted by Gasteiger charge is 2.11. The van der Waals surface area contributed by atoms with Crippen LogP contribution < -0.4 is 20.1 Å². The fourth-order valence-corrected chi connectivity index (χ4v) is 2.55. The molecule has 0 saturated heterocycles. The highest BCUT2D eigenvalue weighted by Crippen LogP contribution is 2.37.